The van der Waals surface area contributed by atoms with Crippen molar-refractivity contribution in [3.05, 3.63) is 101 Å². The van der Waals surface area contributed by atoms with Crippen molar-refractivity contribution in [2.75, 3.05) is 6.26 Å². The fourth-order valence-electron chi connectivity index (χ4n) is 3.37. The Morgan fingerprint density at radius 3 is 2.09 bits per heavy atom. The highest BCUT2D eigenvalue weighted by Crippen LogP contribution is 2.30. The van der Waals surface area contributed by atoms with Gasteiger partial charge >= 0.3 is 0 Å². The Balaban J connectivity index is 1.86. The lowest BCUT2D eigenvalue weighted by molar-refractivity contribution is 0.475. The minimum absolute atomic E-state index is 0.119. The van der Waals surface area contributed by atoms with Gasteiger partial charge in [-0.2, -0.15) is 5.10 Å². The molecular formula is C24H19FN2O4S. The molecule has 0 aliphatic heterocycles. The van der Waals surface area contributed by atoms with E-state index in [2.05, 4.69) is 5.10 Å². The molecule has 0 fully saturated rings. The number of phenols is 1. The van der Waals surface area contributed by atoms with Crippen LogP contribution in [0.4, 0.5) is 4.39 Å². The van der Waals surface area contributed by atoms with Crippen molar-refractivity contribution in [1.29, 1.82) is 0 Å². The number of aromatic hydroxyl groups is 1. The smallest absolute Gasteiger partial charge is 0.275 e. The van der Waals surface area contributed by atoms with Gasteiger partial charge in [-0.1, -0.05) is 36.4 Å². The predicted molar refractivity (Wildman–Crippen MR) is 120 cm³/mol. The largest absolute Gasteiger partial charge is 0.508 e. The molecule has 0 saturated carbocycles. The molecule has 0 spiro atoms. The highest BCUT2D eigenvalue weighted by atomic mass is 32.2. The molecule has 1 aromatic heterocycles. The fraction of sp³-hybridized carbons (Fsp3) is 0.0833. The van der Waals surface area contributed by atoms with Gasteiger partial charge in [0.1, 0.15) is 11.6 Å². The Morgan fingerprint density at radius 2 is 1.50 bits per heavy atom. The third-order valence-corrected chi connectivity index (χ3v) is 6.17. The second-order valence-electron chi connectivity index (χ2n) is 7.37. The first-order chi connectivity index (χ1) is 15.2. The van der Waals surface area contributed by atoms with E-state index >= 15 is 0 Å². The number of halogens is 1. The fourth-order valence-corrected chi connectivity index (χ4v) is 4.00. The molecule has 0 aliphatic carbocycles. The molecule has 0 radical (unpaired) electrons. The number of aromatic nitrogens is 2. The Kier molecular flexibility index (Phi) is 5.63. The molecule has 0 bridgehead atoms. The van der Waals surface area contributed by atoms with Crippen LogP contribution in [-0.4, -0.2) is 29.6 Å². The zero-order valence-corrected chi connectivity index (χ0v) is 17.9. The predicted octanol–water partition coefficient (Wildman–Crippen LogP) is 3.87. The van der Waals surface area contributed by atoms with Crippen molar-refractivity contribution in [2.24, 2.45) is 0 Å². The first-order valence-electron chi connectivity index (χ1n) is 9.67. The standard InChI is InChI=1S/C24H19FN2O4S/c1-32(30,31)21-12-6-17(7-13-21)22-14-26-27(15-16-2-10-20(28)11-3-16)24(29)23(22)18-4-8-19(25)9-5-18/h2-14,28H,15H2,1H3. The molecule has 8 heteroatoms. The summed E-state index contributed by atoms with van der Waals surface area (Å²) >= 11 is 0. The molecule has 0 aliphatic rings. The van der Waals surface area contributed by atoms with Gasteiger partial charge in [0.15, 0.2) is 9.84 Å². The second-order valence-corrected chi connectivity index (χ2v) is 9.38. The zero-order valence-electron chi connectivity index (χ0n) is 17.1. The van der Waals surface area contributed by atoms with Crippen molar-refractivity contribution in [3.63, 3.8) is 0 Å². The number of benzene rings is 3. The number of sulfone groups is 1. The Morgan fingerprint density at radius 1 is 0.906 bits per heavy atom. The molecule has 1 N–H and O–H groups in total. The van der Waals surface area contributed by atoms with Crippen LogP contribution < -0.4 is 5.56 Å². The monoisotopic (exact) mass is 450 g/mol. The molecular weight excluding hydrogens is 431 g/mol. The minimum Gasteiger partial charge on any atom is -0.508 e. The molecule has 32 heavy (non-hydrogen) atoms. The Labute approximate surface area is 184 Å². The summed E-state index contributed by atoms with van der Waals surface area (Å²) in [5.74, 6) is -0.305. The van der Waals surface area contributed by atoms with Gasteiger partial charge in [0.05, 0.1) is 23.2 Å². The number of hydrogen-bond acceptors (Lipinski definition) is 5. The number of hydrogen-bond donors (Lipinski definition) is 1. The molecule has 162 valence electrons. The van der Waals surface area contributed by atoms with Gasteiger partial charge in [-0.3, -0.25) is 4.79 Å². The quantitative estimate of drug-likeness (QED) is 0.499. The van der Waals surface area contributed by atoms with Gasteiger partial charge in [-0.25, -0.2) is 17.5 Å². The van der Waals surface area contributed by atoms with Crippen LogP contribution in [0.2, 0.25) is 0 Å². The third-order valence-electron chi connectivity index (χ3n) is 5.04. The van der Waals surface area contributed by atoms with E-state index in [0.717, 1.165) is 11.8 Å². The molecule has 4 aromatic rings. The summed E-state index contributed by atoms with van der Waals surface area (Å²) in [5.41, 5.74) is 2.34. The maximum atomic E-state index is 13.5. The van der Waals surface area contributed by atoms with E-state index in [0.29, 0.717) is 22.3 Å². The average molecular weight is 450 g/mol. The van der Waals surface area contributed by atoms with Crippen LogP contribution in [-0.2, 0) is 16.4 Å². The van der Waals surface area contributed by atoms with Crippen molar-refractivity contribution in [2.45, 2.75) is 11.4 Å². The number of rotatable bonds is 5. The van der Waals surface area contributed by atoms with E-state index in [9.17, 15) is 22.7 Å². The van der Waals surface area contributed by atoms with Gasteiger partial charge in [0, 0.05) is 11.8 Å². The van der Waals surface area contributed by atoms with E-state index in [1.807, 2.05) is 0 Å². The van der Waals surface area contributed by atoms with E-state index in [1.165, 1.54) is 59.4 Å². The molecule has 3 aromatic carbocycles. The summed E-state index contributed by atoms with van der Waals surface area (Å²) in [6.45, 7) is 0.181. The average Bonchev–Trinajstić information content (AvgIpc) is 2.77. The highest BCUT2D eigenvalue weighted by Gasteiger charge is 2.16. The van der Waals surface area contributed by atoms with Crippen LogP contribution in [0.5, 0.6) is 5.75 Å². The van der Waals surface area contributed by atoms with Gasteiger partial charge < -0.3 is 5.11 Å². The molecule has 0 amide bonds. The summed E-state index contributed by atoms with van der Waals surface area (Å²) in [5, 5.41) is 13.8. The second kappa shape index (κ2) is 8.39. The number of phenolic OH excluding ortho intramolecular Hbond substituents is 1. The Bertz CT molecular complexity index is 1430. The highest BCUT2D eigenvalue weighted by molar-refractivity contribution is 7.90. The molecule has 0 unspecified atom stereocenters. The van der Waals surface area contributed by atoms with E-state index in [-0.39, 0.29) is 22.7 Å². The van der Waals surface area contributed by atoms with E-state index in [4.69, 9.17) is 0 Å². The van der Waals surface area contributed by atoms with E-state index in [1.54, 1.807) is 24.3 Å². The van der Waals surface area contributed by atoms with Crippen LogP contribution >= 0.6 is 0 Å². The van der Waals surface area contributed by atoms with Crippen LogP contribution in [0.25, 0.3) is 22.3 Å². The summed E-state index contributed by atoms with van der Waals surface area (Å²) in [4.78, 5) is 13.6. The van der Waals surface area contributed by atoms with Crippen molar-refractivity contribution in [3.8, 4) is 28.0 Å². The maximum absolute atomic E-state index is 13.5. The van der Waals surface area contributed by atoms with Gasteiger partial charge in [-0.15, -0.1) is 0 Å². The molecule has 0 saturated heterocycles. The van der Waals surface area contributed by atoms with Crippen LogP contribution in [0.1, 0.15) is 5.56 Å². The molecule has 1 heterocycles. The minimum atomic E-state index is -3.36. The maximum Gasteiger partial charge on any atom is 0.275 e. The van der Waals surface area contributed by atoms with Crippen molar-refractivity contribution < 1.29 is 17.9 Å². The lowest BCUT2D eigenvalue weighted by atomic mass is 9.97. The van der Waals surface area contributed by atoms with Gasteiger partial charge in [-0.05, 0) is 53.1 Å². The normalized spacial score (nSPS) is 11.4. The molecule has 6 nitrogen and oxygen atoms in total. The topological polar surface area (TPSA) is 89.3 Å². The summed E-state index contributed by atoms with van der Waals surface area (Å²) in [6.07, 6.45) is 2.66. The van der Waals surface area contributed by atoms with Gasteiger partial charge in [0.2, 0.25) is 0 Å². The first-order valence-corrected chi connectivity index (χ1v) is 11.6. The lowest BCUT2D eigenvalue weighted by Gasteiger charge is -2.13. The zero-order chi connectivity index (χ0) is 22.9. The van der Waals surface area contributed by atoms with E-state index < -0.39 is 15.7 Å². The van der Waals surface area contributed by atoms with Crippen LogP contribution in [0.15, 0.2) is 88.7 Å². The summed E-state index contributed by atoms with van der Waals surface area (Å²) in [7, 11) is -3.36. The Hall–Kier alpha value is -3.78. The van der Waals surface area contributed by atoms with Crippen molar-refractivity contribution >= 4 is 9.84 Å². The molecule has 0 atom stereocenters. The lowest BCUT2D eigenvalue weighted by Crippen LogP contribution is -2.25. The van der Waals surface area contributed by atoms with Gasteiger partial charge in [0.25, 0.3) is 5.56 Å². The third kappa shape index (κ3) is 4.45. The number of nitrogens with zero attached hydrogens (tertiary/aromatic N) is 2. The first kappa shape index (κ1) is 21.5. The molecule has 4 rings (SSSR count). The van der Waals surface area contributed by atoms with Crippen LogP contribution in [0.3, 0.4) is 0 Å². The summed E-state index contributed by atoms with van der Waals surface area (Å²) in [6, 6.07) is 18.2. The summed E-state index contributed by atoms with van der Waals surface area (Å²) < 4.78 is 38.4. The van der Waals surface area contributed by atoms with Crippen molar-refractivity contribution in [1.82, 2.24) is 9.78 Å². The SMILES string of the molecule is CS(=O)(=O)c1ccc(-c2cnn(Cc3ccc(O)cc3)c(=O)c2-c2ccc(F)cc2)cc1. The van der Waals surface area contributed by atoms with Crippen LogP contribution in [0, 0.1) is 5.82 Å².